The fourth-order valence-electron chi connectivity index (χ4n) is 2.08. The molecule has 0 spiro atoms. The summed E-state index contributed by atoms with van der Waals surface area (Å²) < 4.78 is 0. The standard InChI is InChI=1S/C14H18O/c1-14(2,3)12-6-4-10-5-7-13(15)9-11(10)8-12/h4,6,8H,5,7,9H2,1-3H3. The van der Waals surface area contributed by atoms with Crippen molar-refractivity contribution in [2.75, 3.05) is 0 Å². The predicted octanol–water partition coefficient (Wildman–Crippen LogP) is 3.04. The van der Waals surface area contributed by atoms with Gasteiger partial charge in [-0.05, 0) is 28.5 Å². The van der Waals surface area contributed by atoms with E-state index < -0.39 is 0 Å². The molecule has 15 heavy (non-hydrogen) atoms. The Hall–Kier alpha value is -1.11. The number of Topliss-reactive ketones (excluding diaryl/α,β-unsaturated/α-hetero) is 1. The Morgan fingerprint density at radius 2 is 1.80 bits per heavy atom. The highest BCUT2D eigenvalue weighted by Gasteiger charge is 2.19. The van der Waals surface area contributed by atoms with Gasteiger partial charge in [0.25, 0.3) is 0 Å². The van der Waals surface area contributed by atoms with E-state index in [1.807, 2.05) is 0 Å². The quantitative estimate of drug-likeness (QED) is 0.632. The summed E-state index contributed by atoms with van der Waals surface area (Å²) in [6.07, 6.45) is 2.29. The summed E-state index contributed by atoms with van der Waals surface area (Å²) in [4.78, 5) is 11.4. The largest absolute Gasteiger partial charge is 0.299 e. The van der Waals surface area contributed by atoms with Crippen LogP contribution in [0.2, 0.25) is 0 Å². The van der Waals surface area contributed by atoms with Gasteiger partial charge in [-0.15, -0.1) is 0 Å². The maximum atomic E-state index is 11.4. The van der Waals surface area contributed by atoms with E-state index in [0.29, 0.717) is 12.2 Å². The van der Waals surface area contributed by atoms with Crippen LogP contribution >= 0.6 is 0 Å². The molecule has 0 saturated carbocycles. The van der Waals surface area contributed by atoms with E-state index in [1.165, 1.54) is 16.7 Å². The van der Waals surface area contributed by atoms with Crippen LogP contribution in [0.15, 0.2) is 18.2 Å². The molecule has 1 aromatic carbocycles. The molecule has 1 nitrogen and oxygen atoms in total. The molecule has 0 bridgehead atoms. The first-order chi connectivity index (χ1) is 6.97. The number of ketones is 1. The summed E-state index contributed by atoms with van der Waals surface area (Å²) in [6.45, 7) is 6.62. The average molecular weight is 202 g/mol. The van der Waals surface area contributed by atoms with Gasteiger partial charge >= 0.3 is 0 Å². The highest BCUT2D eigenvalue weighted by atomic mass is 16.1. The third-order valence-electron chi connectivity index (χ3n) is 3.13. The predicted molar refractivity (Wildman–Crippen MR) is 62.2 cm³/mol. The Morgan fingerprint density at radius 3 is 2.47 bits per heavy atom. The zero-order chi connectivity index (χ0) is 11.1. The number of carbonyl (C=O) groups excluding carboxylic acids is 1. The second-order valence-corrected chi connectivity index (χ2v) is 5.45. The van der Waals surface area contributed by atoms with Crippen LogP contribution < -0.4 is 0 Å². The molecule has 0 atom stereocenters. The summed E-state index contributed by atoms with van der Waals surface area (Å²) in [7, 11) is 0. The molecule has 0 unspecified atom stereocenters. The van der Waals surface area contributed by atoms with Gasteiger partial charge in [-0.1, -0.05) is 39.0 Å². The SMILES string of the molecule is CC(C)(C)c1ccc2c(c1)CC(=O)CC2. The number of benzene rings is 1. The Balaban J connectivity index is 2.41. The molecule has 0 saturated heterocycles. The van der Waals surface area contributed by atoms with Gasteiger partial charge in [0.2, 0.25) is 0 Å². The van der Waals surface area contributed by atoms with E-state index in [1.54, 1.807) is 0 Å². The van der Waals surface area contributed by atoms with Crippen molar-refractivity contribution in [3.63, 3.8) is 0 Å². The van der Waals surface area contributed by atoms with Gasteiger partial charge in [-0.3, -0.25) is 4.79 Å². The molecule has 0 radical (unpaired) electrons. The van der Waals surface area contributed by atoms with Crippen molar-refractivity contribution in [2.24, 2.45) is 0 Å². The normalized spacial score (nSPS) is 16.3. The number of hydrogen-bond donors (Lipinski definition) is 0. The monoisotopic (exact) mass is 202 g/mol. The zero-order valence-corrected chi connectivity index (χ0v) is 9.76. The summed E-state index contributed by atoms with van der Waals surface area (Å²) in [5.74, 6) is 0.383. The second-order valence-electron chi connectivity index (χ2n) is 5.45. The van der Waals surface area contributed by atoms with Crippen molar-refractivity contribution in [3.8, 4) is 0 Å². The van der Waals surface area contributed by atoms with E-state index in [0.717, 1.165) is 12.8 Å². The van der Waals surface area contributed by atoms with E-state index in [9.17, 15) is 4.79 Å². The number of carbonyl (C=O) groups is 1. The molecule has 1 aliphatic rings. The third kappa shape index (κ3) is 2.11. The number of fused-ring (bicyclic) bond motifs is 1. The van der Waals surface area contributed by atoms with Crippen LogP contribution in [-0.2, 0) is 23.1 Å². The lowest BCUT2D eigenvalue weighted by atomic mass is 9.82. The summed E-state index contributed by atoms with van der Waals surface area (Å²) in [6, 6.07) is 6.61. The van der Waals surface area contributed by atoms with Crippen LogP contribution in [0.5, 0.6) is 0 Å². The van der Waals surface area contributed by atoms with Gasteiger partial charge in [0, 0.05) is 12.8 Å². The Bertz CT molecular complexity index is 396. The minimum Gasteiger partial charge on any atom is -0.299 e. The molecule has 1 aliphatic carbocycles. The second kappa shape index (κ2) is 3.48. The zero-order valence-electron chi connectivity index (χ0n) is 9.76. The Kier molecular flexibility index (Phi) is 2.41. The van der Waals surface area contributed by atoms with Crippen molar-refractivity contribution in [1.29, 1.82) is 0 Å². The molecule has 80 valence electrons. The maximum Gasteiger partial charge on any atom is 0.137 e. The van der Waals surface area contributed by atoms with Gasteiger partial charge < -0.3 is 0 Å². The van der Waals surface area contributed by atoms with Crippen LogP contribution in [0.4, 0.5) is 0 Å². The average Bonchev–Trinajstić information content (AvgIpc) is 2.15. The lowest BCUT2D eigenvalue weighted by molar-refractivity contribution is -0.118. The lowest BCUT2D eigenvalue weighted by Crippen LogP contribution is -2.16. The third-order valence-corrected chi connectivity index (χ3v) is 3.13. The van der Waals surface area contributed by atoms with Crippen LogP contribution in [-0.4, -0.2) is 5.78 Å². The topological polar surface area (TPSA) is 17.1 Å². The van der Waals surface area contributed by atoms with Crippen LogP contribution in [0.25, 0.3) is 0 Å². The molecule has 0 heterocycles. The van der Waals surface area contributed by atoms with E-state index >= 15 is 0 Å². The van der Waals surface area contributed by atoms with Crippen LogP contribution in [0.1, 0.15) is 43.9 Å². The Labute approximate surface area is 91.5 Å². The van der Waals surface area contributed by atoms with Crippen LogP contribution in [0, 0.1) is 0 Å². The maximum absolute atomic E-state index is 11.4. The summed E-state index contributed by atoms with van der Waals surface area (Å²) in [5, 5.41) is 0. The molecule has 2 rings (SSSR count). The summed E-state index contributed by atoms with van der Waals surface area (Å²) in [5.41, 5.74) is 4.12. The number of rotatable bonds is 0. The molecule has 1 heteroatoms. The van der Waals surface area contributed by atoms with Gasteiger partial charge in [0.1, 0.15) is 5.78 Å². The van der Waals surface area contributed by atoms with Crippen LogP contribution in [0.3, 0.4) is 0 Å². The van der Waals surface area contributed by atoms with Gasteiger partial charge in [0.05, 0.1) is 0 Å². The summed E-state index contributed by atoms with van der Waals surface area (Å²) >= 11 is 0. The minimum absolute atomic E-state index is 0.176. The first-order valence-corrected chi connectivity index (χ1v) is 5.61. The van der Waals surface area contributed by atoms with Gasteiger partial charge in [0.15, 0.2) is 0 Å². The van der Waals surface area contributed by atoms with Crippen molar-refractivity contribution in [1.82, 2.24) is 0 Å². The molecule has 0 aliphatic heterocycles. The highest BCUT2D eigenvalue weighted by molar-refractivity contribution is 5.83. The molecule has 1 aromatic rings. The molecule has 0 aromatic heterocycles. The smallest absolute Gasteiger partial charge is 0.137 e. The van der Waals surface area contributed by atoms with E-state index in [-0.39, 0.29) is 5.41 Å². The van der Waals surface area contributed by atoms with Gasteiger partial charge in [-0.2, -0.15) is 0 Å². The van der Waals surface area contributed by atoms with E-state index in [2.05, 4.69) is 39.0 Å². The first-order valence-electron chi connectivity index (χ1n) is 5.61. The molecular formula is C14H18O. The van der Waals surface area contributed by atoms with Crippen molar-refractivity contribution >= 4 is 5.78 Å². The van der Waals surface area contributed by atoms with Crippen molar-refractivity contribution in [3.05, 3.63) is 34.9 Å². The van der Waals surface area contributed by atoms with Crippen molar-refractivity contribution in [2.45, 2.75) is 45.4 Å². The van der Waals surface area contributed by atoms with E-state index in [4.69, 9.17) is 0 Å². The fraction of sp³-hybridized carbons (Fsp3) is 0.500. The first kappa shape index (κ1) is 10.4. The molecular weight excluding hydrogens is 184 g/mol. The number of hydrogen-bond acceptors (Lipinski definition) is 1. The van der Waals surface area contributed by atoms with Crippen molar-refractivity contribution < 1.29 is 4.79 Å². The Morgan fingerprint density at radius 1 is 1.07 bits per heavy atom. The molecule has 0 amide bonds. The molecule has 0 N–H and O–H groups in total. The minimum atomic E-state index is 0.176. The lowest BCUT2D eigenvalue weighted by Gasteiger charge is -2.23. The highest BCUT2D eigenvalue weighted by Crippen LogP contribution is 2.27. The molecule has 0 fully saturated rings. The number of aryl methyl sites for hydroxylation is 1. The fourth-order valence-corrected chi connectivity index (χ4v) is 2.08. The van der Waals surface area contributed by atoms with Gasteiger partial charge in [-0.25, -0.2) is 0 Å².